The lowest BCUT2D eigenvalue weighted by Crippen LogP contribution is -2.40. The molecule has 0 saturated heterocycles. The first kappa shape index (κ1) is 19.6. The lowest BCUT2D eigenvalue weighted by atomic mass is 10.1. The highest BCUT2D eigenvalue weighted by Crippen LogP contribution is 2.23. The number of nitrogens with one attached hydrogen (secondary N) is 1. The van der Waals surface area contributed by atoms with Gasteiger partial charge in [0.15, 0.2) is 5.65 Å². The molecule has 0 radical (unpaired) electrons. The molecule has 28 heavy (non-hydrogen) atoms. The Morgan fingerprint density at radius 3 is 2.61 bits per heavy atom. The Morgan fingerprint density at radius 2 is 1.93 bits per heavy atom. The van der Waals surface area contributed by atoms with Crippen molar-refractivity contribution in [2.45, 2.75) is 39.3 Å². The van der Waals surface area contributed by atoms with Gasteiger partial charge in [0.1, 0.15) is 18.0 Å². The summed E-state index contributed by atoms with van der Waals surface area (Å²) in [6.45, 7) is 7.55. The minimum absolute atomic E-state index is 0.222. The number of ether oxygens (including phenoxy) is 2. The fourth-order valence-corrected chi connectivity index (χ4v) is 2.54. The predicted molar refractivity (Wildman–Crippen MR) is 103 cm³/mol. The number of nitrogens with zero attached hydrogens (tertiary/aromatic N) is 3. The van der Waals surface area contributed by atoms with Crippen LogP contribution in [-0.2, 0) is 4.74 Å². The Balaban J connectivity index is 1.60. The molecule has 1 aromatic carbocycles. The molecule has 1 N–H and O–H groups in total. The van der Waals surface area contributed by atoms with Gasteiger partial charge >= 0.3 is 6.09 Å². The van der Waals surface area contributed by atoms with E-state index in [4.69, 9.17) is 9.47 Å². The van der Waals surface area contributed by atoms with E-state index in [1.165, 1.54) is 10.6 Å². The van der Waals surface area contributed by atoms with E-state index in [-0.39, 0.29) is 6.04 Å². The van der Waals surface area contributed by atoms with Crippen LogP contribution in [0.2, 0.25) is 0 Å². The zero-order valence-corrected chi connectivity index (χ0v) is 16.3. The summed E-state index contributed by atoms with van der Waals surface area (Å²) in [5.74, 6) is 0.0766. The third-order valence-electron chi connectivity index (χ3n) is 3.74. The fraction of sp³-hybridized carbons (Fsp3) is 0.350. The number of amides is 1. The van der Waals surface area contributed by atoms with Gasteiger partial charge in [0.2, 0.25) is 5.95 Å². The molecule has 1 unspecified atom stereocenters. The first-order chi connectivity index (χ1) is 13.2. The lowest BCUT2D eigenvalue weighted by molar-refractivity contribution is 0.0494. The molecule has 1 amide bonds. The number of hydrogen-bond acceptors (Lipinski definition) is 5. The van der Waals surface area contributed by atoms with Gasteiger partial charge in [0, 0.05) is 5.56 Å². The van der Waals surface area contributed by atoms with Crippen LogP contribution in [0.15, 0.2) is 42.6 Å². The van der Waals surface area contributed by atoms with Crippen LogP contribution in [0.3, 0.4) is 0 Å². The molecule has 0 saturated carbocycles. The van der Waals surface area contributed by atoms with E-state index in [1.54, 1.807) is 24.4 Å². The van der Waals surface area contributed by atoms with Crippen molar-refractivity contribution in [2.24, 2.45) is 0 Å². The van der Waals surface area contributed by atoms with Gasteiger partial charge in [-0.25, -0.2) is 14.3 Å². The van der Waals surface area contributed by atoms with E-state index < -0.39 is 17.6 Å². The van der Waals surface area contributed by atoms with Crippen LogP contribution in [0.1, 0.15) is 27.7 Å². The van der Waals surface area contributed by atoms with Crippen molar-refractivity contribution >= 4 is 11.7 Å². The van der Waals surface area contributed by atoms with Crippen LogP contribution in [0, 0.1) is 5.95 Å². The van der Waals surface area contributed by atoms with Crippen molar-refractivity contribution in [3.05, 3.63) is 48.5 Å². The van der Waals surface area contributed by atoms with E-state index in [1.807, 2.05) is 39.8 Å². The highest BCUT2D eigenvalue weighted by atomic mass is 19.1. The van der Waals surface area contributed by atoms with Gasteiger partial charge in [0.25, 0.3) is 0 Å². The molecule has 0 aliphatic rings. The molecule has 0 fully saturated rings. The number of carbonyl (C=O) groups is 1. The summed E-state index contributed by atoms with van der Waals surface area (Å²) < 4.78 is 25.8. The summed E-state index contributed by atoms with van der Waals surface area (Å²) in [6, 6.07) is 9.91. The third-order valence-corrected chi connectivity index (χ3v) is 3.74. The second kappa shape index (κ2) is 7.84. The highest BCUT2D eigenvalue weighted by molar-refractivity contribution is 5.68. The fourth-order valence-electron chi connectivity index (χ4n) is 2.54. The Hall–Kier alpha value is -3.16. The summed E-state index contributed by atoms with van der Waals surface area (Å²) in [6.07, 6.45) is 1.16. The van der Waals surface area contributed by atoms with Crippen molar-refractivity contribution in [2.75, 3.05) is 6.61 Å². The molecular formula is C20H23FN4O3. The average Bonchev–Trinajstić information content (AvgIpc) is 3.01. The second-order valence-electron chi connectivity index (χ2n) is 7.45. The van der Waals surface area contributed by atoms with E-state index in [9.17, 15) is 9.18 Å². The van der Waals surface area contributed by atoms with E-state index in [0.717, 1.165) is 5.56 Å². The summed E-state index contributed by atoms with van der Waals surface area (Å²) >= 11 is 0. The monoisotopic (exact) mass is 386 g/mol. The normalized spacial score (nSPS) is 12.6. The molecule has 2 aromatic heterocycles. The van der Waals surface area contributed by atoms with Crippen molar-refractivity contribution in [1.29, 1.82) is 0 Å². The molecule has 0 aliphatic heterocycles. The molecular weight excluding hydrogens is 363 g/mol. The number of rotatable bonds is 5. The van der Waals surface area contributed by atoms with Crippen molar-refractivity contribution in [3.8, 4) is 17.0 Å². The van der Waals surface area contributed by atoms with Crippen molar-refractivity contribution in [1.82, 2.24) is 19.9 Å². The largest absolute Gasteiger partial charge is 0.491 e. The highest BCUT2D eigenvalue weighted by Gasteiger charge is 2.18. The molecule has 7 nitrogen and oxygen atoms in total. The first-order valence-electron chi connectivity index (χ1n) is 8.94. The number of halogens is 1. The molecule has 8 heteroatoms. The maximum atomic E-state index is 13.4. The Kier molecular flexibility index (Phi) is 5.48. The van der Waals surface area contributed by atoms with Gasteiger partial charge in [-0.05, 0) is 64.1 Å². The summed E-state index contributed by atoms with van der Waals surface area (Å²) in [5.41, 5.74) is 1.54. The topological polar surface area (TPSA) is 77.8 Å². The Morgan fingerprint density at radius 1 is 1.21 bits per heavy atom. The van der Waals surface area contributed by atoms with E-state index in [2.05, 4.69) is 15.4 Å². The maximum Gasteiger partial charge on any atom is 0.407 e. The van der Waals surface area contributed by atoms with Gasteiger partial charge in [0.05, 0.1) is 17.9 Å². The number of hydrogen-bond donors (Lipinski definition) is 1. The van der Waals surface area contributed by atoms with Crippen molar-refractivity contribution in [3.63, 3.8) is 0 Å². The molecule has 148 valence electrons. The van der Waals surface area contributed by atoms with Gasteiger partial charge in [-0.15, -0.1) is 5.10 Å². The molecule has 3 rings (SSSR count). The number of imidazole rings is 1. The average molecular weight is 386 g/mol. The van der Waals surface area contributed by atoms with Gasteiger partial charge in [-0.1, -0.05) is 0 Å². The standard InChI is InChI=1S/C20H23FN4O3/c1-13(23-19(26)28-20(2,3)4)12-27-15-7-5-14(6-8-15)16-11-22-18-10-9-17(21)24-25(16)18/h5-11,13H,12H2,1-4H3,(H,23,26). The SMILES string of the molecule is CC(COc1ccc(-c2cnc3ccc(F)nn23)cc1)NC(=O)OC(C)(C)C. The van der Waals surface area contributed by atoms with E-state index >= 15 is 0 Å². The number of fused-ring (bicyclic) bond motifs is 1. The minimum atomic E-state index is -0.571. The van der Waals surface area contributed by atoms with Crippen LogP contribution in [0.5, 0.6) is 5.75 Å². The molecule has 0 spiro atoms. The summed E-state index contributed by atoms with van der Waals surface area (Å²) in [5, 5.41) is 6.58. The summed E-state index contributed by atoms with van der Waals surface area (Å²) in [4.78, 5) is 16.0. The number of alkyl carbamates (subject to hydrolysis) is 1. The second-order valence-corrected chi connectivity index (χ2v) is 7.45. The minimum Gasteiger partial charge on any atom is -0.491 e. The summed E-state index contributed by atoms with van der Waals surface area (Å²) in [7, 11) is 0. The molecule has 2 heterocycles. The molecule has 1 atom stereocenters. The van der Waals surface area contributed by atoms with Crippen LogP contribution >= 0.6 is 0 Å². The van der Waals surface area contributed by atoms with Gasteiger partial charge in [-0.2, -0.15) is 4.39 Å². The molecule has 0 aliphatic carbocycles. The number of benzene rings is 1. The van der Waals surface area contributed by atoms with Gasteiger partial charge in [-0.3, -0.25) is 0 Å². The number of carbonyl (C=O) groups excluding carboxylic acids is 1. The predicted octanol–water partition coefficient (Wildman–Crippen LogP) is 3.83. The maximum absolute atomic E-state index is 13.4. The first-order valence-corrected chi connectivity index (χ1v) is 8.94. The van der Waals surface area contributed by atoms with Crippen LogP contribution in [0.25, 0.3) is 16.9 Å². The Labute approximate surface area is 162 Å². The quantitative estimate of drug-likeness (QED) is 0.721. The van der Waals surface area contributed by atoms with E-state index in [0.29, 0.717) is 23.7 Å². The molecule has 0 bridgehead atoms. The lowest BCUT2D eigenvalue weighted by Gasteiger charge is -2.22. The third kappa shape index (κ3) is 4.97. The Bertz CT molecular complexity index is 964. The van der Waals surface area contributed by atoms with Crippen LogP contribution in [-0.4, -0.2) is 38.9 Å². The van der Waals surface area contributed by atoms with Crippen molar-refractivity contribution < 1.29 is 18.7 Å². The zero-order valence-electron chi connectivity index (χ0n) is 16.3. The van der Waals surface area contributed by atoms with Gasteiger partial charge < -0.3 is 14.8 Å². The zero-order chi connectivity index (χ0) is 20.3. The van der Waals surface area contributed by atoms with Crippen LogP contribution < -0.4 is 10.1 Å². The number of aromatic nitrogens is 3. The molecule has 3 aromatic rings. The van der Waals surface area contributed by atoms with Crippen LogP contribution in [0.4, 0.5) is 9.18 Å². The smallest absolute Gasteiger partial charge is 0.407 e.